The van der Waals surface area contributed by atoms with Gasteiger partial charge in [0.1, 0.15) is 0 Å². The first-order valence-electron chi connectivity index (χ1n) is 5.87. The van der Waals surface area contributed by atoms with Gasteiger partial charge < -0.3 is 10.2 Å². The van der Waals surface area contributed by atoms with E-state index in [1.807, 2.05) is 0 Å². The molecular formula is C12H22N2. The first-order valence-corrected chi connectivity index (χ1v) is 5.87. The minimum atomic E-state index is 0.732. The molecule has 1 aliphatic heterocycles. The summed E-state index contributed by atoms with van der Waals surface area (Å²) in [5.41, 5.74) is 0. The lowest BCUT2D eigenvalue weighted by Gasteiger charge is -2.36. The van der Waals surface area contributed by atoms with Gasteiger partial charge in [-0.3, -0.25) is 0 Å². The number of rotatable bonds is 2. The highest BCUT2D eigenvalue weighted by Gasteiger charge is 2.24. The Morgan fingerprint density at radius 3 is 2.57 bits per heavy atom. The summed E-state index contributed by atoms with van der Waals surface area (Å²) in [5.74, 6) is 0. The molecule has 0 spiro atoms. The smallest absolute Gasteiger partial charge is 0.0139 e. The Morgan fingerprint density at radius 2 is 1.93 bits per heavy atom. The lowest BCUT2D eigenvalue weighted by Crippen LogP contribution is -2.48. The molecule has 0 aromatic carbocycles. The van der Waals surface area contributed by atoms with Gasteiger partial charge in [-0.05, 0) is 46.2 Å². The van der Waals surface area contributed by atoms with Crippen LogP contribution in [0.4, 0.5) is 0 Å². The first kappa shape index (κ1) is 10.2. The van der Waals surface area contributed by atoms with Crippen LogP contribution in [0.3, 0.4) is 0 Å². The van der Waals surface area contributed by atoms with Gasteiger partial charge in [-0.25, -0.2) is 0 Å². The highest BCUT2D eigenvalue weighted by atomic mass is 15.1. The van der Waals surface area contributed by atoms with Crippen LogP contribution in [0.25, 0.3) is 0 Å². The van der Waals surface area contributed by atoms with E-state index in [1.54, 1.807) is 0 Å². The van der Waals surface area contributed by atoms with E-state index in [0.717, 1.165) is 18.1 Å². The standard InChI is InChI=1S/C12H22N2/c1-10-9-12(7-8-14(10)2)13-11-5-3-4-6-11/h3-4,10-13H,5-9H2,1-2H3. The Kier molecular flexibility index (Phi) is 3.24. The second-order valence-electron chi connectivity index (χ2n) is 4.86. The molecule has 80 valence electrons. The second-order valence-corrected chi connectivity index (χ2v) is 4.86. The quantitative estimate of drug-likeness (QED) is 0.674. The molecule has 1 fully saturated rings. The lowest BCUT2D eigenvalue weighted by atomic mass is 9.98. The maximum Gasteiger partial charge on any atom is 0.0139 e. The Balaban J connectivity index is 1.76. The summed E-state index contributed by atoms with van der Waals surface area (Å²) >= 11 is 0. The molecule has 2 heteroatoms. The second kappa shape index (κ2) is 4.45. The highest BCUT2D eigenvalue weighted by molar-refractivity contribution is 4.99. The van der Waals surface area contributed by atoms with E-state index >= 15 is 0 Å². The minimum absolute atomic E-state index is 0.732. The van der Waals surface area contributed by atoms with Gasteiger partial charge in [0, 0.05) is 18.1 Å². The molecule has 0 saturated carbocycles. The number of likely N-dealkylation sites (tertiary alicyclic amines) is 1. The molecule has 2 aliphatic rings. The van der Waals surface area contributed by atoms with Crippen molar-refractivity contribution in [3.05, 3.63) is 12.2 Å². The minimum Gasteiger partial charge on any atom is -0.311 e. The lowest BCUT2D eigenvalue weighted by molar-refractivity contribution is 0.163. The van der Waals surface area contributed by atoms with Crippen LogP contribution in [0.5, 0.6) is 0 Å². The van der Waals surface area contributed by atoms with Crippen LogP contribution in [0.1, 0.15) is 32.6 Å². The Bertz CT molecular complexity index is 204. The summed E-state index contributed by atoms with van der Waals surface area (Å²) in [4.78, 5) is 2.46. The van der Waals surface area contributed by atoms with E-state index in [1.165, 1.54) is 32.2 Å². The molecule has 1 saturated heterocycles. The number of hydrogen-bond donors (Lipinski definition) is 1. The fourth-order valence-corrected chi connectivity index (χ4v) is 2.53. The summed E-state index contributed by atoms with van der Waals surface area (Å²) < 4.78 is 0. The highest BCUT2D eigenvalue weighted by Crippen LogP contribution is 2.18. The van der Waals surface area contributed by atoms with Crippen LogP contribution in [-0.2, 0) is 0 Å². The Labute approximate surface area is 87.4 Å². The molecule has 0 bridgehead atoms. The predicted molar refractivity (Wildman–Crippen MR) is 60.4 cm³/mol. The van der Waals surface area contributed by atoms with Crippen molar-refractivity contribution in [3.63, 3.8) is 0 Å². The van der Waals surface area contributed by atoms with Crippen molar-refractivity contribution in [2.24, 2.45) is 0 Å². The average Bonchev–Trinajstić information content (AvgIpc) is 2.64. The fourth-order valence-electron chi connectivity index (χ4n) is 2.53. The summed E-state index contributed by atoms with van der Waals surface area (Å²) in [6.45, 7) is 3.58. The number of hydrogen-bond acceptors (Lipinski definition) is 2. The zero-order chi connectivity index (χ0) is 9.97. The van der Waals surface area contributed by atoms with Crippen molar-refractivity contribution in [1.29, 1.82) is 0 Å². The number of nitrogens with zero attached hydrogens (tertiary/aromatic N) is 1. The van der Waals surface area contributed by atoms with Gasteiger partial charge >= 0.3 is 0 Å². The van der Waals surface area contributed by atoms with Crippen LogP contribution >= 0.6 is 0 Å². The molecule has 14 heavy (non-hydrogen) atoms. The van der Waals surface area contributed by atoms with Gasteiger partial charge in [0.25, 0.3) is 0 Å². The summed E-state index contributed by atoms with van der Waals surface area (Å²) in [6.07, 6.45) is 9.71. The SMILES string of the molecule is CC1CC(NC2CC=CC2)CCN1C. The first-order chi connectivity index (χ1) is 6.75. The van der Waals surface area contributed by atoms with Gasteiger partial charge in [-0.15, -0.1) is 0 Å². The van der Waals surface area contributed by atoms with Gasteiger partial charge in [0.05, 0.1) is 0 Å². The molecule has 1 heterocycles. The zero-order valence-corrected chi connectivity index (χ0v) is 9.37. The molecule has 1 N–H and O–H groups in total. The third-order valence-electron chi connectivity index (χ3n) is 3.69. The summed E-state index contributed by atoms with van der Waals surface area (Å²) in [5, 5.41) is 3.78. The van der Waals surface area contributed by atoms with E-state index < -0.39 is 0 Å². The molecule has 2 nitrogen and oxygen atoms in total. The Morgan fingerprint density at radius 1 is 1.21 bits per heavy atom. The summed E-state index contributed by atoms with van der Waals surface area (Å²) in [7, 11) is 2.23. The zero-order valence-electron chi connectivity index (χ0n) is 9.37. The molecule has 0 radical (unpaired) electrons. The van der Waals surface area contributed by atoms with E-state index in [9.17, 15) is 0 Å². The topological polar surface area (TPSA) is 15.3 Å². The monoisotopic (exact) mass is 194 g/mol. The van der Waals surface area contributed by atoms with Gasteiger partial charge in [0.15, 0.2) is 0 Å². The molecule has 2 atom stereocenters. The van der Waals surface area contributed by atoms with Crippen molar-refractivity contribution >= 4 is 0 Å². The van der Waals surface area contributed by atoms with Crippen LogP contribution in [-0.4, -0.2) is 36.6 Å². The van der Waals surface area contributed by atoms with Gasteiger partial charge in [-0.2, -0.15) is 0 Å². The van der Waals surface area contributed by atoms with Crippen LogP contribution < -0.4 is 5.32 Å². The third kappa shape index (κ3) is 2.37. The van der Waals surface area contributed by atoms with E-state index in [2.05, 4.69) is 36.3 Å². The molecular weight excluding hydrogens is 172 g/mol. The normalized spacial score (nSPS) is 35.3. The third-order valence-corrected chi connectivity index (χ3v) is 3.69. The average molecular weight is 194 g/mol. The van der Waals surface area contributed by atoms with Crippen LogP contribution in [0, 0.1) is 0 Å². The molecule has 2 rings (SSSR count). The maximum absolute atomic E-state index is 3.78. The molecule has 0 amide bonds. The van der Waals surface area contributed by atoms with E-state index in [-0.39, 0.29) is 0 Å². The van der Waals surface area contributed by atoms with Crippen molar-refractivity contribution in [1.82, 2.24) is 10.2 Å². The molecule has 0 aromatic rings. The van der Waals surface area contributed by atoms with Crippen molar-refractivity contribution in [2.75, 3.05) is 13.6 Å². The fraction of sp³-hybridized carbons (Fsp3) is 0.833. The maximum atomic E-state index is 3.78. The van der Waals surface area contributed by atoms with Gasteiger partial charge in [-0.1, -0.05) is 12.2 Å². The summed E-state index contributed by atoms with van der Waals surface area (Å²) in [6, 6.07) is 2.23. The largest absolute Gasteiger partial charge is 0.311 e. The number of piperidine rings is 1. The Hall–Kier alpha value is -0.340. The number of nitrogens with one attached hydrogen (secondary N) is 1. The van der Waals surface area contributed by atoms with E-state index in [4.69, 9.17) is 0 Å². The molecule has 2 unspecified atom stereocenters. The van der Waals surface area contributed by atoms with Crippen LogP contribution in [0.15, 0.2) is 12.2 Å². The van der Waals surface area contributed by atoms with Crippen molar-refractivity contribution in [3.8, 4) is 0 Å². The predicted octanol–water partition coefficient (Wildman–Crippen LogP) is 1.78. The molecule has 0 aromatic heterocycles. The van der Waals surface area contributed by atoms with Crippen LogP contribution in [0.2, 0.25) is 0 Å². The molecule has 1 aliphatic carbocycles. The van der Waals surface area contributed by atoms with Crippen molar-refractivity contribution < 1.29 is 0 Å². The van der Waals surface area contributed by atoms with E-state index in [0.29, 0.717) is 0 Å². The van der Waals surface area contributed by atoms with Gasteiger partial charge in [0.2, 0.25) is 0 Å². The van der Waals surface area contributed by atoms with Crippen molar-refractivity contribution in [2.45, 2.75) is 50.7 Å².